The number of nitrogens with zero attached hydrogens (tertiary/aromatic N) is 1. The second kappa shape index (κ2) is 5.14. The fourth-order valence-electron chi connectivity index (χ4n) is 2.18. The van der Waals surface area contributed by atoms with E-state index in [-0.39, 0.29) is 6.03 Å². The van der Waals surface area contributed by atoms with E-state index in [0.717, 1.165) is 12.8 Å². The molecule has 2 aliphatic rings. The molecule has 1 saturated carbocycles. The van der Waals surface area contributed by atoms with Crippen molar-refractivity contribution in [2.24, 2.45) is 5.92 Å². The number of carboxylic acid groups (broad SMARTS) is 1. The molecule has 0 atom stereocenters. The number of amides is 2. The van der Waals surface area contributed by atoms with Crippen LogP contribution >= 0.6 is 0 Å². The summed E-state index contributed by atoms with van der Waals surface area (Å²) in [6.45, 7) is 1.45. The van der Waals surface area contributed by atoms with Gasteiger partial charge in [-0.3, -0.25) is 0 Å². The normalized spacial score (nSPS) is 22.3. The maximum atomic E-state index is 12.0. The molecule has 1 saturated heterocycles. The monoisotopic (exact) mass is 256 g/mol. The van der Waals surface area contributed by atoms with Crippen molar-refractivity contribution in [3.8, 4) is 0 Å². The Hall–Kier alpha value is -1.30. The van der Waals surface area contributed by atoms with Crippen LogP contribution in [0.2, 0.25) is 0 Å². The van der Waals surface area contributed by atoms with E-state index in [4.69, 9.17) is 4.74 Å². The number of ether oxygens (including phenoxy) is 1. The van der Waals surface area contributed by atoms with Crippen molar-refractivity contribution in [3.05, 3.63) is 0 Å². The molecule has 102 valence electrons. The summed E-state index contributed by atoms with van der Waals surface area (Å²) < 4.78 is 5.16. The van der Waals surface area contributed by atoms with E-state index in [1.165, 1.54) is 0 Å². The van der Waals surface area contributed by atoms with Crippen LogP contribution in [0.5, 0.6) is 0 Å². The summed E-state index contributed by atoms with van der Waals surface area (Å²) in [7, 11) is 1.71. The number of urea groups is 1. The van der Waals surface area contributed by atoms with E-state index in [2.05, 4.69) is 5.32 Å². The second-order valence-corrected chi connectivity index (χ2v) is 5.25. The lowest BCUT2D eigenvalue weighted by atomic mass is 9.90. The molecule has 0 aromatic heterocycles. The summed E-state index contributed by atoms with van der Waals surface area (Å²) in [5, 5.41) is 12.0. The van der Waals surface area contributed by atoms with Gasteiger partial charge in [0.05, 0.1) is 0 Å². The fraction of sp³-hybridized carbons (Fsp3) is 0.833. The van der Waals surface area contributed by atoms with Crippen molar-refractivity contribution in [1.82, 2.24) is 10.2 Å². The molecule has 0 aromatic carbocycles. The van der Waals surface area contributed by atoms with Crippen LogP contribution in [0, 0.1) is 5.92 Å². The first-order valence-corrected chi connectivity index (χ1v) is 6.38. The molecule has 0 bridgehead atoms. The third kappa shape index (κ3) is 2.93. The maximum Gasteiger partial charge on any atom is 0.329 e. The van der Waals surface area contributed by atoms with Crippen LogP contribution in [-0.2, 0) is 9.53 Å². The van der Waals surface area contributed by atoms with Crippen LogP contribution in [0.4, 0.5) is 4.79 Å². The molecule has 0 spiro atoms. The molecule has 2 rings (SSSR count). The minimum Gasteiger partial charge on any atom is -0.480 e. The lowest BCUT2D eigenvalue weighted by molar-refractivity contribution is -0.148. The second-order valence-electron chi connectivity index (χ2n) is 5.25. The number of aliphatic carboxylic acids is 1. The van der Waals surface area contributed by atoms with Crippen LogP contribution in [-0.4, -0.2) is 54.4 Å². The third-order valence-electron chi connectivity index (χ3n) is 3.68. The van der Waals surface area contributed by atoms with Crippen LogP contribution in [0.25, 0.3) is 0 Å². The predicted molar refractivity (Wildman–Crippen MR) is 64.3 cm³/mol. The van der Waals surface area contributed by atoms with Crippen LogP contribution in [0.3, 0.4) is 0 Å². The van der Waals surface area contributed by atoms with E-state index in [0.29, 0.717) is 38.5 Å². The summed E-state index contributed by atoms with van der Waals surface area (Å²) in [4.78, 5) is 25.0. The van der Waals surface area contributed by atoms with Crippen LogP contribution < -0.4 is 5.32 Å². The van der Waals surface area contributed by atoms with Crippen LogP contribution in [0.15, 0.2) is 0 Å². The molecule has 1 aliphatic heterocycles. The standard InChI is InChI=1S/C12H20N2O4/c1-14(8-9-2-3-9)11(17)13-12(10(15)16)4-6-18-7-5-12/h9H,2-8H2,1H3,(H,13,17)(H,15,16). The van der Waals surface area contributed by atoms with Gasteiger partial charge in [0, 0.05) is 39.6 Å². The quantitative estimate of drug-likeness (QED) is 0.775. The number of rotatable bonds is 4. The molecule has 1 heterocycles. The zero-order chi connectivity index (χ0) is 13.2. The first-order valence-electron chi connectivity index (χ1n) is 6.38. The Kier molecular flexibility index (Phi) is 3.75. The number of hydrogen-bond donors (Lipinski definition) is 2. The van der Waals surface area contributed by atoms with E-state index in [1.54, 1.807) is 11.9 Å². The van der Waals surface area contributed by atoms with Gasteiger partial charge in [-0.2, -0.15) is 0 Å². The summed E-state index contributed by atoms with van der Waals surface area (Å²) in [6.07, 6.45) is 2.97. The van der Waals surface area contributed by atoms with Gasteiger partial charge in [-0.15, -0.1) is 0 Å². The third-order valence-corrected chi connectivity index (χ3v) is 3.68. The van der Waals surface area contributed by atoms with E-state index in [9.17, 15) is 14.7 Å². The minimum atomic E-state index is -1.16. The lowest BCUT2D eigenvalue weighted by Crippen LogP contribution is -2.59. The van der Waals surface area contributed by atoms with Crippen molar-refractivity contribution in [1.29, 1.82) is 0 Å². The Morgan fingerprint density at radius 1 is 1.39 bits per heavy atom. The van der Waals surface area contributed by atoms with Gasteiger partial charge in [0.25, 0.3) is 0 Å². The Morgan fingerprint density at radius 2 is 2.00 bits per heavy atom. The first-order chi connectivity index (χ1) is 8.53. The maximum absolute atomic E-state index is 12.0. The van der Waals surface area contributed by atoms with Gasteiger partial charge in [0.1, 0.15) is 5.54 Å². The van der Waals surface area contributed by atoms with Gasteiger partial charge in [0.15, 0.2) is 0 Å². The van der Waals surface area contributed by atoms with Crippen molar-refractivity contribution in [2.45, 2.75) is 31.2 Å². The molecule has 2 N–H and O–H groups in total. The Labute approximate surface area is 106 Å². The molecular formula is C12H20N2O4. The van der Waals surface area contributed by atoms with E-state index in [1.807, 2.05) is 0 Å². The van der Waals surface area contributed by atoms with E-state index < -0.39 is 11.5 Å². The molecular weight excluding hydrogens is 236 g/mol. The number of carbonyl (C=O) groups is 2. The van der Waals surface area contributed by atoms with Crippen molar-refractivity contribution in [3.63, 3.8) is 0 Å². The largest absolute Gasteiger partial charge is 0.480 e. The first kappa shape index (κ1) is 13.1. The zero-order valence-electron chi connectivity index (χ0n) is 10.6. The summed E-state index contributed by atoms with van der Waals surface area (Å²) >= 11 is 0. The highest BCUT2D eigenvalue weighted by Crippen LogP contribution is 2.29. The van der Waals surface area contributed by atoms with Gasteiger partial charge in [-0.1, -0.05) is 0 Å². The van der Waals surface area contributed by atoms with Gasteiger partial charge in [-0.05, 0) is 18.8 Å². The molecule has 0 aromatic rings. The average Bonchev–Trinajstić information content (AvgIpc) is 3.14. The summed E-state index contributed by atoms with van der Waals surface area (Å²) in [5.41, 5.74) is -1.16. The van der Waals surface area contributed by atoms with Crippen molar-refractivity contribution >= 4 is 12.0 Å². The summed E-state index contributed by atoms with van der Waals surface area (Å²) in [5.74, 6) is -0.379. The minimum absolute atomic E-state index is 0.300. The zero-order valence-corrected chi connectivity index (χ0v) is 10.6. The van der Waals surface area contributed by atoms with Gasteiger partial charge >= 0.3 is 12.0 Å². The fourth-order valence-corrected chi connectivity index (χ4v) is 2.18. The van der Waals surface area contributed by atoms with Crippen molar-refractivity contribution in [2.75, 3.05) is 26.8 Å². The number of hydrogen-bond acceptors (Lipinski definition) is 3. The van der Waals surface area contributed by atoms with Gasteiger partial charge < -0.3 is 20.1 Å². The Bertz CT molecular complexity index is 335. The highest BCUT2D eigenvalue weighted by Gasteiger charge is 2.42. The van der Waals surface area contributed by atoms with Gasteiger partial charge in [0.2, 0.25) is 0 Å². The highest BCUT2D eigenvalue weighted by molar-refractivity contribution is 5.86. The number of carbonyl (C=O) groups excluding carboxylic acids is 1. The predicted octanol–water partition coefficient (Wildman–Crippen LogP) is 0.672. The number of carboxylic acids is 1. The van der Waals surface area contributed by atoms with Gasteiger partial charge in [-0.25, -0.2) is 9.59 Å². The molecule has 2 amide bonds. The average molecular weight is 256 g/mol. The molecule has 0 unspecified atom stereocenters. The number of nitrogens with one attached hydrogen (secondary N) is 1. The highest BCUT2D eigenvalue weighted by atomic mass is 16.5. The Balaban J connectivity index is 1.94. The Morgan fingerprint density at radius 3 is 2.50 bits per heavy atom. The molecule has 6 heteroatoms. The lowest BCUT2D eigenvalue weighted by Gasteiger charge is -2.35. The molecule has 2 fully saturated rings. The molecule has 18 heavy (non-hydrogen) atoms. The SMILES string of the molecule is CN(CC1CC1)C(=O)NC1(C(=O)O)CCOCC1. The smallest absolute Gasteiger partial charge is 0.329 e. The van der Waals surface area contributed by atoms with Crippen molar-refractivity contribution < 1.29 is 19.4 Å². The molecule has 1 aliphatic carbocycles. The van der Waals surface area contributed by atoms with E-state index >= 15 is 0 Å². The molecule has 6 nitrogen and oxygen atoms in total. The topological polar surface area (TPSA) is 78.9 Å². The van der Waals surface area contributed by atoms with Crippen LogP contribution in [0.1, 0.15) is 25.7 Å². The summed E-state index contributed by atoms with van der Waals surface area (Å²) in [6, 6.07) is -0.300. The molecule has 0 radical (unpaired) electrons.